The Morgan fingerprint density at radius 3 is 2.20 bits per heavy atom. The third-order valence-electron chi connectivity index (χ3n) is 5.56. The highest BCUT2D eigenvalue weighted by atomic mass is 16.1. The minimum absolute atomic E-state index is 0.0787. The Morgan fingerprint density at radius 2 is 1.60 bits per heavy atom. The number of amides is 1. The summed E-state index contributed by atoms with van der Waals surface area (Å²) in [6.45, 7) is 12.3. The molecule has 0 bridgehead atoms. The number of hydrogen-bond acceptors (Lipinski definition) is 2. The SMILES string of the molecule is Cc1ccc(NC(=O)/C(C#N)=C\c2cc(C)n(-c3c(C)cccc3C)c2C)cc1C. The number of anilines is 1. The molecule has 4 heteroatoms. The number of para-hydroxylation sites is 1. The largest absolute Gasteiger partial charge is 0.321 e. The first-order chi connectivity index (χ1) is 14.2. The molecule has 3 rings (SSSR count). The molecular weight excluding hydrogens is 370 g/mol. The minimum atomic E-state index is -0.405. The van der Waals surface area contributed by atoms with Gasteiger partial charge < -0.3 is 9.88 Å². The number of carbonyl (C=O) groups excluding carboxylic acids is 1. The summed E-state index contributed by atoms with van der Waals surface area (Å²) in [5.41, 5.74) is 9.43. The number of aromatic nitrogens is 1. The zero-order chi connectivity index (χ0) is 22.0. The average molecular weight is 398 g/mol. The predicted molar refractivity (Wildman–Crippen MR) is 123 cm³/mol. The number of rotatable bonds is 4. The lowest BCUT2D eigenvalue weighted by molar-refractivity contribution is -0.112. The lowest BCUT2D eigenvalue weighted by Crippen LogP contribution is -2.13. The molecule has 0 saturated carbocycles. The summed E-state index contributed by atoms with van der Waals surface area (Å²) in [4.78, 5) is 12.7. The molecule has 1 amide bonds. The monoisotopic (exact) mass is 397 g/mol. The fraction of sp³-hybridized carbons (Fsp3) is 0.231. The van der Waals surface area contributed by atoms with Crippen molar-refractivity contribution in [2.75, 3.05) is 5.32 Å². The van der Waals surface area contributed by atoms with Gasteiger partial charge in [0, 0.05) is 17.1 Å². The van der Waals surface area contributed by atoms with Gasteiger partial charge in [-0.3, -0.25) is 4.79 Å². The fourth-order valence-electron chi connectivity index (χ4n) is 3.76. The number of nitrogens with one attached hydrogen (secondary N) is 1. The van der Waals surface area contributed by atoms with E-state index in [9.17, 15) is 10.1 Å². The summed E-state index contributed by atoms with van der Waals surface area (Å²) >= 11 is 0. The van der Waals surface area contributed by atoms with Crippen molar-refractivity contribution in [1.82, 2.24) is 4.57 Å². The Hall–Kier alpha value is -3.58. The van der Waals surface area contributed by atoms with Crippen LogP contribution < -0.4 is 5.32 Å². The number of carbonyl (C=O) groups is 1. The van der Waals surface area contributed by atoms with E-state index in [1.54, 1.807) is 6.08 Å². The highest BCUT2D eigenvalue weighted by Crippen LogP contribution is 2.27. The average Bonchev–Trinajstić information content (AvgIpc) is 2.96. The van der Waals surface area contributed by atoms with E-state index in [2.05, 4.69) is 41.9 Å². The van der Waals surface area contributed by atoms with Crippen LogP contribution >= 0.6 is 0 Å². The standard InChI is InChI=1S/C26H27N3O/c1-16-10-11-24(12-19(16)4)28-26(30)23(15-27)14-22-13-20(5)29(21(22)6)25-17(2)8-7-9-18(25)3/h7-14H,1-6H3,(H,28,30)/b23-14-. The van der Waals surface area contributed by atoms with Crippen LogP contribution in [0.2, 0.25) is 0 Å². The van der Waals surface area contributed by atoms with Gasteiger partial charge in [-0.25, -0.2) is 0 Å². The lowest BCUT2D eigenvalue weighted by Gasteiger charge is -2.15. The second-order valence-corrected chi connectivity index (χ2v) is 7.83. The molecule has 30 heavy (non-hydrogen) atoms. The number of benzene rings is 2. The first-order valence-corrected chi connectivity index (χ1v) is 9.99. The first kappa shape index (κ1) is 21.1. The zero-order valence-corrected chi connectivity index (χ0v) is 18.4. The summed E-state index contributed by atoms with van der Waals surface area (Å²) < 4.78 is 2.19. The van der Waals surface area contributed by atoms with E-state index in [-0.39, 0.29) is 5.57 Å². The predicted octanol–water partition coefficient (Wildman–Crippen LogP) is 5.87. The Balaban J connectivity index is 1.98. The molecule has 0 aliphatic heterocycles. The first-order valence-electron chi connectivity index (χ1n) is 9.99. The van der Waals surface area contributed by atoms with Crippen molar-refractivity contribution < 1.29 is 4.79 Å². The van der Waals surface area contributed by atoms with Crippen LogP contribution in [0.25, 0.3) is 11.8 Å². The number of nitrogens with zero attached hydrogens (tertiary/aromatic N) is 2. The molecule has 0 atom stereocenters. The van der Waals surface area contributed by atoms with Gasteiger partial charge in [0.05, 0.1) is 5.69 Å². The van der Waals surface area contributed by atoms with Gasteiger partial charge >= 0.3 is 0 Å². The summed E-state index contributed by atoms with van der Waals surface area (Å²) in [5.74, 6) is -0.405. The van der Waals surface area contributed by atoms with E-state index < -0.39 is 5.91 Å². The normalized spacial score (nSPS) is 11.3. The molecule has 1 heterocycles. The molecule has 1 aromatic heterocycles. The molecule has 0 radical (unpaired) electrons. The molecule has 2 aromatic carbocycles. The number of aryl methyl sites for hydroxylation is 5. The van der Waals surface area contributed by atoms with Crippen LogP contribution in [-0.4, -0.2) is 10.5 Å². The highest BCUT2D eigenvalue weighted by Gasteiger charge is 2.16. The molecule has 1 N–H and O–H groups in total. The van der Waals surface area contributed by atoms with E-state index in [0.717, 1.165) is 33.8 Å². The number of hydrogen-bond donors (Lipinski definition) is 1. The van der Waals surface area contributed by atoms with Crippen molar-refractivity contribution in [3.8, 4) is 11.8 Å². The van der Waals surface area contributed by atoms with Crippen LogP contribution in [0.3, 0.4) is 0 Å². The van der Waals surface area contributed by atoms with Crippen molar-refractivity contribution in [3.05, 3.63) is 87.2 Å². The third kappa shape index (κ3) is 4.06. The molecule has 0 fully saturated rings. The molecule has 3 aromatic rings. The Labute approximate surface area is 178 Å². The Morgan fingerprint density at radius 1 is 0.933 bits per heavy atom. The molecule has 0 spiro atoms. The van der Waals surface area contributed by atoms with E-state index in [1.807, 2.05) is 58.0 Å². The molecule has 0 unspecified atom stereocenters. The lowest BCUT2D eigenvalue weighted by atomic mass is 10.1. The molecule has 0 aliphatic rings. The van der Waals surface area contributed by atoms with Crippen LogP contribution in [-0.2, 0) is 4.79 Å². The highest BCUT2D eigenvalue weighted by molar-refractivity contribution is 6.09. The van der Waals surface area contributed by atoms with Crippen molar-refractivity contribution in [2.45, 2.75) is 41.5 Å². The van der Waals surface area contributed by atoms with E-state index >= 15 is 0 Å². The van der Waals surface area contributed by atoms with E-state index in [0.29, 0.717) is 5.69 Å². The van der Waals surface area contributed by atoms with Crippen LogP contribution in [0.1, 0.15) is 39.2 Å². The van der Waals surface area contributed by atoms with Gasteiger partial charge in [-0.1, -0.05) is 24.3 Å². The quantitative estimate of drug-likeness (QED) is 0.442. The Kier molecular flexibility index (Phi) is 5.94. The fourth-order valence-corrected chi connectivity index (χ4v) is 3.76. The van der Waals surface area contributed by atoms with E-state index in [1.165, 1.54) is 11.1 Å². The summed E-state index contributed by atoms with van der Waals surface area (Å²) in [5, 5.41) is 12.5. The van der Waals surface area contributed by atoms with Gasteiger partial charge in [-0.2, -0.15) is 5.26 Å². The smallest absolute Gasteiger partial charge is 0.266 e. The molecule has 4 nitrogen and oxygen atoms in total. The number of nitriles is 1. The van der Waals surface area contributed by atoms with Gasteiger partial charge in [0.25, 0.3) is 5.91 Å². The molecular formula is C26H27N3O. The van der Waals surface area contributed by atoms with Crippen LogP contribution in [0.4, 0.5) is 5.69 Å². The van der Waals surface area contributed by atoms with Crippen LogP contribution in [0.5, 0.6) is 0 Å². The Bertz CT molecular complexity index is 1190. The zero-order valence-electron chi connectivity index (χ0n) is 18.4. The van der Waals surface area contributed by atoms with Crippen molar-refractivity contribution in [1.29, 1.82) is 5.26 Å². The summed E-state index contributed by atoms with van der Waals surface area (Å²) in [6, 6.07) is 16.0. The van der Waals surface area contributed by atoms with Crippen LogP contribution in [0, 0.1) is 52.9 Å². The van der Waals surface area contributed by atoms with Gasteiger partial charge in [-0.15, -0.1) is 0 Å². The maximum atomic E-state index is 12.7. The second kappa shape index (κ2) is 8.42. The van der Waals surface area contributed by atoms with Crippen molar-refractivity contribution >= 4 is 17.7 Å². The molecule has 0 saturated heterocycles. The van der Waals surface area contributed by atoms with Crippen LogP contribution in [0.15, 0.2) is 48.0 Å². The van der Waals surface area contributed by atoms with Gasteiger partial charge in [0.15, 0.2) is 0 Å². The van der Waals surface area contributed by atoms with E-state index in [4.69, 9.17) is 0 Å². The van der Waals surface area contributed by atoms with Gasteiger partial charge in [-0.05, 0) is 93.6 Å². The summed E-state index contributed by atoms with van der Waals surface area (Å²) in [7, 11) is 0. The molecule has 152 valence electrons. The summed E-state index contributed by atoms with van der Waals surface area (Å²) in [6.07, 6.45) is 1.67. The van der Waals surface area contributed by atoms with Crippen molar-refractivity contribution in [3.63, 3.8) is 0 Å². The topological polar surface area (TPSA) is 57.8 Å². The maximum Gasteiger partial charge on any atom is 0.266 e. The maximum absolute atomic E-state index is 12.7. The molecule has 0 aliphatic carbocycles. The van der Waals surface area contributed by atoms with Gasteiger partial charge in [0.2, 0.25) is 0 Å². The van der Waals surface area contributed by atoms with Gasteiger partial charge in [0.1, 0.15) is 11.6 Å². The third-order valence-corrected chi connectivity index (χ3v) is 5.56. The van der Waals surface area contributed by atoms with Crippen molar-refractivity contribution in [2.24, 2.45) is 0 Å². The minimum Gasteiger partial charge on any atom is -0.321 e. The second-order valence-electron chi connectivity index (χ2n) is 7.83.